The number of likely N-dealkylation sites (tertiary alicyclic amines) is 1. The van der Waals surface area contributed by atoms with E-state index >= 15 is 0 Å². The highest BCUT2D eigenvalue weighted by Gasteiger charge is 2.28. The Balaban J connectivity index is 2.39. The van der Waals surface area contributed by atoms with E-state index < -0.39 is 5.37 Å². The number of halogens is 1. The van der Waals surface area contributed by atoms with Gasteiger partial charge in [0.15, 0.2) is 0 Å². The average Bonchev–Trinajstić information content (AvgIpc) is 2.47. The molecule has 1 rings (SSSR count). The summed E-state index contributed by atoms with van der Waals surface area (Å²) >= 11 is 5.34. The van der Waals surface area contributed by atoms with Crippen molar-refractivity contribution in [3.05, 3.63) is 0 Å². The summed E-state index contributed by atoms with van der Waals surface area (Å²) in [5.74, 6) is -0.325. The van der Waals surface area contributed by atoms with Gasteiger partial charge in [-0.3, -0.25) is 9.59 Å². The smallest absolute Gasteiger partial charge is 0.316 e. The van der Waals surface area contributed by atoms with Gasteiger partial charge in [0.2, 0.25) is 0 Å². The molecule has 5 heteroatoms. The molecule has 0 unspecified atom stereocenters. The lowest BCUT2D eigenvalue weighted by Gasteiger charge is -2.20. The molecule has 1 saturated heterocycles. The van der Waals surface area contributed by atoms with Crippen LogP contribution >= 0.6 is 11.6 Å². The molecule has 0 aliphatic carbocycles. The van der Waals surface area contributed by atoms with Crippen LogP contribution in [0.5, 0.6) is 0 Å². The van der Waals surface area contributed by atoms with Crippen molar-refractivity contribution in [3.8, 4) is 0 Å². The van der Waals surface area contributed by atoms with Crippen molar-refractivity contribution in [1.82, 2.24) is 4.90 Å². The molecule has 0 saturated carbocycles. The monoisotopic (exact) mass is 205 g/mol. The van der Waals surface area contributed by atoms with E-state index in [4.69, 9.17) is 16.3 Å². The number of esters is 1. The maximum Gasteiger partial charge on any atom is 0.316 e. The van der Waals surface area contributed by atoms with Gasteiger partial charge in [-0.2, -0.15) is 0 Å². The summed E-state index contributed by atoms with van der Waals surface area (Å²) in [6.45, 7) is 2.27. The van der Waals surface area contributed by atoms with Gasteiger partial charge in [0, 0.05) is 13.5 Å². The Bertz CT molecular complexity index is 219. The zero-order chi connectivity index (χ0) is 9.84. The van der Waals surface area contributed by atoms with Gasteiger partial charge in [0.25, 0.3) is 0 Å². The number of amides is 1. The van der Waals surface area contributed by atoms with Crippen LogP contribution in [0.15, 0.2) is 0 Å². The molecule has 1 fully saturated rings. The molecule has 1 heterocycles. The van der Waals surface area contributed by atoms with Crippen molar-refractivity contribution in [2.24, 2.45) is 0 Å². The van der Waals surface area contributed by atoms with Crippen molar-refractivity contribution in [2.45, 2.75) is 25.8 Å². The number of rotatable bonds is 2. The fourth-order valence-corrected chi connectivity index (χ4v) is 1.68. The van der Waals surface area contributed by atoms with E-state index in [0.29, 0.717) is 6.54 Å². The van der Waals surface area contributed by atoms with E-state index in [1.54, 1.807) is 0 Å². The molecular formula is C8H12ClNO3. The van der Waals surface area contributed by atoms with E-state index in [-0.39, 0.29) is 18.6 Å². The first-order valence-corrected chi connectivity index (χ1v) is 4.58. The molecule has 0 aromatic heterocycles. The molecular weight excluding hydrogens is 194 g/mol. The van der Waals surface area contributed by atoms with Crippen LogP contribution < -0.4 is 0 Å². The average molecular weight is 206 g/mol. The Morgan fingerprint density at radius 1 is 1.62 bits per heavy atom. The second-order valence-corrected chi connectivity index (χ2v) is 3.37. The summed E-state index contributed by atoms with van der Waals surface area (Å²) in [6.07, 6.45) is 1.77. The summed E-state index contributed by atoms with van der Waals surface area (Å²) in [6, 6.07) is -0.0334. The first-order valence-electron chi connectivity index (χ1n) is 4.20. The second kappa shape index (κ2) is 4.46. The first-order chi connectivity index (χ1) is 6.11. The normalized spacial score (nSPS) is 21.7. The van der Waals surface area contributed by atoms with Crippen molar-refractivity contribution >= 4 is 22.9 Å². The van der Waals surface area contributed by atoms with Gasteiger partial charge in [-0.05, 0) is 24.4 Å². The molecule has 1 atom stereocenters. The first kappa shape index (κ1) is 10.3. The summed E-state index contributed by atoms with van der Waals surface area (Å²) in [4.78, 5) is 22.9. The van der Waals surface area contributed by atoms with Crippen molar-refractivity contribution in [1.29, 1.82) is 0 Å². The van der Waals surface area contributed by atoms with E-state index in [9.17, 15) is 9.59 Å². The van der Waals surface area contributed by atoms with Gasteiger partial charge in [0.1, 0.15) is 6.61 Å². The number of carbonyl (C=O) groups is 2. The Labute approximate surface area is 81.8 Å². The van der Waals surface area contributed by atoms with Crippen LogP contribution in [0.2, 0.25) is 0 Å². The number of hydrogen-bond acceptors (Lipinski definition) is 3. The summed E-state index contributed by atoms with van der Waals surface area (Å²) in [7, 11) is 0. The summed E-state index contributed by atoms with van der Waals surface area (Å²) < 4.78 is 4.81. The van der Waals surface area contributed by atoms with Crippen LogP contribution in [-0.4, -0.2) is 35.4 Å². The molecule has 0 aromatic carbocycles. The van der Waals surface area contributed by atoms with Crippen LogP contribution in [0.3, 0.4) is 0 Å². The highest BCUT2D eigenvalue weighted by molar-refractivity contribution is 6.62. The molecule has 1 aliphatic rings. The maximum atomic E-state index is 10.9. The minimum absolute atomic E-state index is 0.0334. The van der Waals surface area contributed by atoms with Gasteiger partial charge in [0.05, 0.1) is 6.04 Å². The van der Waals surface area contributed by atoms with E-state index in [0.717, 1.165) is 12.8 Å². The molecule has 0 bridgehead atoms. The van der Waals surface area contributed by atoms with Crippen molar-refractivity contribution in [3.63, 3.8) is 0 Å². The standard InChI is InChI=1S/C8H12ClNO3/c1-6(11)13-5-7-3-2-4-10(7)8(9)12/h7H,2-5H2,1H3/t7-/m0/s1. The zero-order valence-electron chi connectivity index (χ0n) is 7.46. The molecule has 4 nitrogen and oxygen atoms in total. The van der Waals surface area contributed by atoms with E-state index in [1.807, 2.05) is 0 Å². The summed E-state index contributed by atoms with van der Waals surface area (Å²) in [5, 5.41) is -0.463. The molecule has 0 N–H and O–H groups in total. The fourth-order valence-electron chi connectivity index (χ4n) is 1.45. The van der Waals surface area contributed by atoms with Gasteiger partial charge in [-0.15, -0.1) is 0 Å². The Morgan fingerprint density at radius 3 is 2.85 bits per heavy atom. The Kier molecular flexibility index (Phi) is 3.54. The van der Waals surface area contributed by atoms with Crippen molar-refractivity contribution < 1.29 is 14.3 Å². The Morgan fingerprint density at radius 2 is 2.31 bits per heavy atom. The zero-order valence-corrected chi connectivity index (χ0v) is 8.21. The van der Waals surface area contributed by atoms with Gasteiger partial charge in [-0.1, -0.05) is 0 Å². The summed E-state index contributed by atoms with van der Waals surface area (Å²) in [5.41, 5.74) is 0. The number of hydrogen-bond donors (Lipinski definition) is 0. The van der Waals surface area contributed by atoms with Crippen LogP contribution in [0, 0.1) is 0 Å². The lowest BCUT2D eigenvalue weighted by atomic mass is 10.2. The molecule has 74 valence electrons. The van der Waals surface area contributed by atoms with Crippen LogP contribution in [0.25, 0.3) is 0 Å². The van der Waals surface area contributed by atoms with Crippen LogP contribution in [0.4, 0.5) is 4.79 Å². The third-order valence-corrected chi connectivity index (χ3v) is 2.30. The molecule has 1 aliphatic heterocycles. The molecule has 0 radical (unpaired) electrons. The van der Waals surface area contributed by atoms with E-state index in [2.05, 4.69) is 0 Å². The number of ether oxygens (including phenoxy) is 1. The molecule has 13 heavy (non-hydrogen) atoms. The predicted octanol–water partition coefficient (Wildman–Crippen LogP) is 1.37. The van der Waals surface area contributed by atoms with Crippen LogP contribution in [0.1, 0.15) is 19.8 Å². The number of carbonyl (C=O) groups excluding carboxylic acids is 2. The second-order valence-electron chi connectivity index (χ2n) is 3.04. The molecule has 1 amide bonds. The van der Waals surface area contributed by atoms with Gasteiger partial charge >= 0.3 is 11.3 Å². The SMILES string of the molecule is CC(=O)OC[C@@H]1CCCN1C(=O)Cl. The lowest BCUT2D eigenvalue weighted by molar-refractivity contribution is -0.142. The minimum atomic E-state index is -0.463. The topological polar surface area (TPSA) is 46.6 Å². The Hall–Kier alpha value is -0.770. The third kappa shape index (κ3) is 2.88. The fraction of sp³-hybridized carbons (Fsp3) is 0.750. The van der Waals surface area contributed by atoms with Gasteiger partial charge < -0.3 is 9.64 Å². The third-order valence-electron chi connectivity index (χ3n) is 2.08. The van der Waals surface area contributed by atoms with Crippen molar-refractivity contribution in [2.75, 3.05) is 13.2 Å². The van der Waals surface area contributed by atoms with E-state index in [1.165, 1.54) is 11.8 Å². The predicted molar refractivity (Wildman–Crippen MR) is 47.6 cm³/mol. The maximum absolute atomic E-state index is 10.9. The molecule has 0 spiro atoms. The highest BCUT2D eigenvalue weighted by atomic mass is 35.5. The van der Waals surface area contributed by atoms with Crippen LogP contribution in [-0.2, 0) is 9.53 Å². The number of nitrogens with zero attached hydrogens (tertiary/aromatic N) is 1. The van der Waals surface area contributed by atoms with Gasteiger partial charge in [-0.25, -0.2) is 0 Å². The lowest BCUT2D eigenvalue weighted by Crippen LogP contribution is -2.35. The highest BCUT2D eigenvalue weighted by Crippen LogP contribution is 2.19. The quantitative estimate of drug-likeness (QED) is 0.389. The largest absolute Gasteiger partial charge is 0.464 e. The molecule has 0 aromatic rings. The minimum Gasteiger partial charge on any atom is -0.464 e.